The van der Waals surface area contributed by atoms with Gasteiger partial charge in [0, 0.05) is 5.57 Å². The van der Waals surface area contributed by atoms with Gasteiger partial charge in [0.1, 0.15) is 13.2 Å². The van der Waals surface area contributed by atoms with Gasteiger partial charge in [0.2, 0.25) is 0 Å². The molecule has 4 nitrogen and oxygen atoms in total. The number of ether oxygens (including phenoxy) is 2. The van der Waals surface area contributed by atoms with Crippen LogP contribution in [0.2, 0.25) is 0 Å². The molecule has 0 radical (unpaired) electrons. The fraction of sp³-hybridized carbons (Fsp3) is 0.625. The lowest BCUT2D eigenvalue weighted by molar-refractivity contribution is -0.161. The maximum atomic E-state index is 12.2. The van der Waals surface area contributed by atoms with Crippen LogP contribution in [0.15, 0.2) is 24.3 Å². The molecule has 0 saturated carbocycles. The summed E-state index contributed by atoms with van der Waals surface area (Å²) in [4.78, 5) is 23.4. The molecule has 0 aliphatic carbocycles. The van der Waals surface area contributed by atoms with Gasteiger partial charge in [0.05, 0.1) is 5.41 Å². The van der Waals surface area contributed by atoms with E-state index in [1.165, 1.54) is 0 Å². The lowest BCUT2D eigenvalue weighted by atomic mass is 9.67. The fourth-order valence-electron chi connectivity index (χ4n) is 1.50. The van der Waals surface area contributed by atoms with Gasteiger partial charge in [-0.05, 0) is 26.2 Å². The molecule has 0 aromatic carbocycles. The summed E-state index contributed by atoms with van der Waals surface area (Å²) in [5.41, 5.74) is -0.671. The van der Waals surface area contributed by atoms with Gasteiger partial charge in [-0.1, -0.05) is 39.5 Å². The quantitative estimate of drug-likeness (QED) is 0.325. The van der Waals surface area contributed by atoms with Gasteiger partial charge in [-0.15, -0.1) is 0 Å². The van der Waals surface area contributed by atoms with Crippen LogP contribution in [0, 0.1) is 10.8 Å². The summed E-state index contributed by atoms with van der Waals surface area (Å²) >= 11 is 0. The zero-order valence-corrected chi connectivity index (χ0v) is 13.4. The standard InChI is InChI=1S/C16H26O4/c1-8-9-16(7,15(4,5)6)14(18)20-11-10-19-13(17)12(2)3/h8-9H,2,10-11H2,1,3-7H3. The molecule has 0 heterocycles. The molecule has 20 heavy (non-hydrogen) atoms. The summed E-state index contributed by atoms with van der Waals surface area (Å²) in [7, 11) is 0. The van der Waals surface area contributed by atoms with Gasteiger partial charge in [-0.2, -0.15) is 0 Å². The van der Waals surface area contributed by atoms with E-state index in [1.807, 2.05) is 46.8 Å². The monoisotopic (exact) mass is 282 g/mol. The Morgan fingerprint density at radius 2 is 1.60 bits per heavy atom. The van der Waals surface area contributed by atoms with Crippen LogP contribution in [0.4, 0.5) is 0 Å². The van der Waals surface area contributed by atoms with Crippen molar-refractivity contribution in [1.29, 1.82) is 0 Å². The van der Waals surface area contributed by atoms with Crippen molar-refractivity contribution in [2.45, 2.75) is 41.5 Å². The Bertz CT molecular complexity index is 401. The number of allylic oxidation sites excluding steroid dienone is 1. The molecule has 1 atom stereocenters. The number of hydrogen-bond acceptors (Lipinski definition) is 4. The van der Waals surface area contributed by atoms with E-state index in [4.69, 9.17) is 9.47 Å². The summed E-state index contributed by atoms with van der Waals surface area (Å²) < 4.78 is 10.1. The molecule has 0 aromatic heterocycles. The molecular weight excluding hydrogens is 256 g/mol. The van der Waals surface area contributed by atoms with Crippen molar-refractivity contribution in [3.8, 4) is 0 Å². The minimum absolute atomic E-state index is 0.0352. The van der Waals surface area contributed by atoms with Crippen LogP contribution >= 0.6 is 0 Å². The molecule has 1 unspecified atom stereocenters. The summed E-state index contributed by atoms with van der Waals surface area (Å²) in [6, 6.07) is 0. The van der Waals surface area contributed by atoms with Gasteiger partial charge in [0.25, 0.3) is 0 Å². The minimum atomic E-state index is -0.722. The lowest BCUT2D eigenvalue weighted by Gasteiger charge is -2.37. The second kappa shape index (κ2) is 7.27. The maximum Gasteiger partial charge on any atom is 0.333 e. The molecule has 0 bridgehead atoms. The third-order valence-corrected chi connectivity index (χ3v) is 3.38. The highest BCUT2D eigenvalue weighted by Gasteiger charge is 2.43. The van der Waals surface area contributed by atoms with E-state index >= 15 is 0 Å². The average molecular weight is 282 g/mol. The highest BCUT2D eigenvalue weighted by Crippen LogP contribution is 2.40. The summed E-state index contributed by atoms with van der Waals surface area (Å²) in [6.07, 6.45) is 3.68. The number of esters is 2. The van der Waals surface area contributed by atoms with Crippen molar-refractivity contribution in [2.24, 2.45) is 10.8 Å². The van der Waals surface area contributed by atoms with Crippen molar-refractivity contribution in [1.82, 2.24) is 0 Å². The molecule has 0 rings (SSSR count). The Hall–Kier alpha value is -1.58. The van der Waals surface area contributed by atoms with E-state index in [0.29, 0.717) is 5.57 Å². The summed E-state index contributed by atoms with van der Waals surface area (Å²) in [5, 5.41) is 0. The highest BCUT2D eigenvalue weighted by molar-refractivity contribution is 5.86. The Morgan fingerprint density at radius 1 is 1.10 bits per heavy atom. The zero-order valence-electron chi connectivity index (χ0n) is 13.4. The van der Waals surface area contributed by atoms with E-state index < -0.39 is 11.4 Å². The molecule has 114 valence electrons. The third-order valence-electron chi connectivity index (χ3n) is 3.38. The van der Waals surface area contributed by atoms with E-state index in [-0.39, 0.29) is 24.6 Å². The molecular formula is C16H26O4. The summed E-state index contributed by atoms with van der Waals surface area (Å²) in [6.45, 7) is 14.8. The van der Waals surface area contributed by atoms with Gasteiger partial charge < -0.3 is 9.47 Å². The summed E-state index contributed by atoms with van der Waals surface area (Å²) in [5.74, 6) is -0.803. The second-order valence-corrected chi connectivity index (χ2v) is 6.00. The van der Waals surface area contributed by atoms with E-state index in [9.17, 15) is 9.59 Å². The van der Waals surface area contributed by atoms with Crippen molar-refractivity contribution >= 4 is 11.9 Å². The van der Waals surface area contributed by atoms with Crippen LogP contribution in [-0.2, 0) is 19.1 Å². The molecule has 0 aliphatic rings. The first-order valence-corrected chi connectivity index (χ1v) is 6.70. The first-order chi connectivity index (χ1) is 9.06. The predicted molar refractivity (Wildman–Crippen MR) is 79.1 cm³/mol. The molecule has 0 N–H and O–H groups in total. The molecule has 0 fully saturated rings. The average Bonchev–Trinajstić information content (AvgIpc) is 2.32. The van der Waals surface area contributed by atoms with Gasteiger partial charge >= 0.3 is 11.9 Å². The minimum Gasteiger partial charge on any atom is -0.461 e. The first-order valence-electron chi connectivity index (χ1n) is 6.70. The predicted octanol–water partition coefficient (Wildman–Crippen LogP) is 3.28. The maximum absolute atomic E-state index is 12.2. The van der Waals surface area contributed by atoms with Gasteiger partial charge in [-0.25, -0.2) is 4.79 Å². The van der Waals surface area contributed by atoms with Crippen molar-refractivity contribution < 1.29 is 19.1 Å². The van der Waals surface area contributed by atoms with Crippen molar-refractivity contribution in [3.05, 3.63) is 24.3 Å². The van der Waals surface area contributed by atoms with E-state index in [1.54, 1.807) is 6.92 Å². The van der Waals surface area contributed by atoms with Crippen LogP contribution in [0.5, 0.6) is 0 Å². The largest absolute Gasteiger partial charge is 0.461 e. The van der Waals surface area contributed by atoms with Crippen LogP contribution < -0.4 is 0 Å². The Morgan fingerprint density at radius 3 is 2.00 bits per heavy atom. The molecule has 0 saturated heterocycles. The molecule has 0 aromatic rings. The number of carbonyl (C=O) groups is 2. The number of carbonyl (C=O) groups excluding carboxylic acids is 2. The molecule has 4 heteroatoms. The molecule has 0 aliphatic heterocycles. The highest BCUT2D eigenvalue weighted by atomic mass is 16.6. The first kappa shape index (κ1) is 18.4. The van der Waals surface area contributed by atoms with Gasteiger partial charge in [-0.3, -0.25) is 4.79 Å². The van der Waals surface area contributed by atoms with Gasteiger partial charge in [0.15, 0.2) is 0 Å². The Labute approximate surface area is 121 Å². The van der Waals surface area contributed by atoms with Crippen LogP contribution in [0.25, 0.3) is 0 Å². The van der Waals surface area contributed by atoms with E-state index in [0.717, 1.165) is 0 Å². The zero-order chi connectivity index (χ0) is 16.0. The topological polar surface area (TPSA) is 52.6 Å². The SMILES string of the molecule is C=C(C)C(=O)OCCOC(=O)C(C)(C=CC)C(C)(C)C. The van der Waals surface area contributed by atoms with Crippen LogP contribution in [-0.4, -0.2) is 25.2 Å². The fourth-order valence-corrected chi connectivity index (χ4v) is 1.50. The lowest BCUT2D eigenvalue weighted by Crippen LogP contribution is -2.40. The van der Waals surface area contributed by atoms with Crippen molar-refractivity contribution in [3.63, 3.8) is 0 Å². The number of rotatable bonds is 6. The van der Waals surface area contributed by atoms with E-state index in [2.05, 4.69) is 6.58 Å². The molecule has 0 amide bonds. The number of hydrogen-bond donors (Lipinski definition) is 0. The second-order valence-electron chi connectivity index (χ2n) is 6.00. The smallest absolute Gasteiger partial charge is 0.333 e. The van der Waals surface area contributed by atoms with Crippen molar-refractivity contribution in [2.75, 3.05) is 13.2 Å². The third kappa shape index (κ3) is 4.83. The Kier molecular flexibility index (Phi) is 6.69. The molecule has 0 spiro atoms. The Balaban J connectivity index is 4.52. The van der Waals surface area contributed by atoms with Crippen LogP contribution in [0.1, 0.15) is 41.5 Å². The van der Waals surface area contributed by atoms with Crippen LogP contribution in [0.3, 0.4) is 0 Å². The normalized spacial score (nSPS) is 14.7.